The van der Waals surface area contributed by atoms with Crippen LogP contribution in [0, 0.1) is 19.7 Å². The molecule has 0 radical (unpaired) electrons. The quantitative estimate of drug-likeness (QED) is 0.915. The maximum atomic E-state index is 13.3. The molecule has 2 heterocycles. The molecule has 5 heteroatoms. The lowest BCUT2D eigenvalue weighted by Gasteiger charge is -2.21. The number of hydrogen-bond donors (Lipinski definition) is 2. The fraction of sp³-hybridized carbons (Fsp3) is 0.333. The van der Waals surface area contributed by atoms with Crippen LogP contribution in [-0.2, 0) is 19.5 Å². The second kappa shape index (κ2) is 6.46. The van der Waals surface area contributed by atoms with Crippen molar-refractivity contribution >= 4 is 5.91 Å². The van der Waals surface area contributed by atoms with Gasteiger partial charge in [0.2, 0.25) is 0 Å². The number of pyridine rings is 1. The van der Waals surface area contributed by atoms with Gasteiger partial charge in [-0.05, 0) is 67.3 Å². The van der Waals surface area contributed by atoms with Gasteiger partial charge < -0.3 is 10.6 Å². The molecular weight excluding hydrogens is 293 g/mol. The summed E-state index contributed by atoms with van der Waals surface area (Å²) >= 11 is 0. The van der Waals surface area contributed by atoms with Crippen LogP contribution in [0.25, 0.3) is 0 Å². The van der Waals surface area contributed by atoms with Crippen LogP contribution in [0.4, 0.5) is 4.39 Å². The molecule has 4 nitrogen and oxygen atoms in total. The smallest absolute Gasteiger partial charge is 0.251 e. The molecule has 0 unspecified atom stereocenters. The Balaban J connectivity index is 1.78. The Bertz CT molecular complexity index is 758. The first-order valence-electron chi connectivity index (χ1n) is 7.77. The number of nitrogens with one attached hydrogen (secondary N) is 2. The minimum absolute atomic E-state index is 0.195. The van der Waals surface area contributed by atoms with Gasteiger partial charge >= 0.3 is 0 Å². The molecule has 0 spiro atoms. The predicted molar refractivity (Wildman–Crippen MR) is 86.7 cm³/mol. The summed E-state index contributed by atoms with van der Waals surface area (Å²) in [6, 6.07) is 4.40. The van der Waals surface area contributed by atoms with E-state index in [4.69, 9.17) is 0 Å². The predicted octanol–water partition coefficient (Wildman–Crippen LogP) is 2.41. The Hall–Kier alpha value is -2.27. The van der Waals surface area contributed by atoms with Gasteiger partial charge in [0, 0.05) is 30.5 Å². The lowest BCUT2D eigenvalue weighted by Crippen LogP contribution is -2.28. The van der Waals surface area contributed by atoms with E-state index in [0.29, 0.717) is 17.7 Å². The molecule has 23 heavy (non-hydrogen) atoms. The Morgan fingerprint density at radius 3 is 3.00 bits per heavy atom. The van der Waals surface area contributed by atoms with E-state index in [0.717, 1.165) is 30.8 Å². The molecule has 1 aromatic heterocycles. The number of carbonyl (C=O) groups excluding carboxylic acids is 1. The zero-order valence-corrected chi connectivity index (χ0v) is 13.4. The van der Waals surface area contributed by atoms with Gasteiger partial charge in [-0.15, -0.1) is 0 Å². The fourth-order valence-electron chi connectivity index (χ4n) is 2.93. The number of nitrogens with zero attached hydrogens (tertiary/aromatic N) is 1. The van der Waals surface area contributed by atoms with E-state index < -0.39 is 0 Å². The Morgan fingerprint density at radius 1 is 1.39 bits per heavy atom. The van der Waals surface area contributed by atoms with Crippen molar-refractivity contribution in [1.82, 2.24) is 15.6 Å². The Labute approximate surface area is 135 Å². The van der Waals surface area contributed by atoms with Gasteiger partial charge in [0.15, 0.2) is 0 Å². The van der Waals surface area contributed by atoms with E-state index >= 15 is 0 Å². The summed E-state index contributed by atoms with van der Waals surface area (Å²) in [7, 11) is 0. The highest BCUT2D eigenvalue weighted by atomic mass is 19.1. The molecule has 1 aromatic carbocycles. The highest BCUT2D eigenvalue weighted by Crippen LogP contribution is 2.20. The number of hydrogen-bond acceptors (Lipinski definition) is 3. The molecule has 0 saturated heterocycles. The van der Waals surface area contributed by atoms with Crippen LogP contribution < -0.4 is 10.6 Å². The van der Waals surface area contributed by atoms with Crippen LogP contribution in [0.2, 0.25) is 0 Å². The van der Waals surface area contributed by atoms with Gasteiger partial charge in [-0.2, -0.15) is 0 Å². The summed E-state index contributed by atoms with van der Waals surface area (Å²) in [5.74, 6) is -0.495. The van der Waals surface area contributed by atoms with Gasteiger partial charge in [-0.25, -0.2) is 4.39 Å². The van der Waals surface area contributed by atoms with Crippen molar-refractivity contribution < 1.29 is 9.18 Å². The number of carbonyl (C=O) groups is 1. The molecule has 0 fully saturated rings. The Morgan fingerprint density at radius 2 is 2.22 bits per heavy atom. The van der Waals surface area contributed by atoms with E-state index in [1.165, 1.54) is 23.3 Å². The number of aryl methyl sites for hydroxylation is 2. The third-order valence-electron chi connectivity index (χ3n) is 4.32. The van der Waals surface area contributed by atoms with Gasteiger partial charge in [0.25, 0.3) is 5.91 Å². The highest BCUT2D eigenvalue weighted by Gasteiger charge is 2.16. The largest absolute Gasteiger partial charge is 0.348 e. The molecule has 120 valence electrons. The van der Waals surface area contributed by atoms with Crippen molar-refractivity contribution in [1.29, 1.82) is 0 Å². The molecule has 1 aliphatic heterocycles. The molecule has 0 bridgehead atoms. The van der Waals surface area contributed by atoms with Gasteiger partial charge in [-0.3, -0.25) is 9.78 Å². The van der Waals surface area contributed by atoms with Gasteiger partial charge in [-0.1, -0.05) is 0 Å². The number of benzene rings is 1. The van der Waals surface area contributed by atoms with Crippen molar-refractivity contribution in [2.24, 2.45) is 0 Å². The van der Waals surface area contributed by atoms with E-state index in [9.17, 15) is 9.18 Å². The normalized spacial score (nSPS) is 13.5. The summed E-state index contributed by atoms with van der Waals surface area (Å²) in [6.45, 7) is 5.82. The number of aromatic nitrogens is 1. The van der Waals surface area contributed by atoms with Crippen LogP contribution in [0.1, 0.15) is 38.3 Å². The zero-order chi connectivity index (χ0) is 16.4. The van der Waals surface area contributed by atoms with Crippen molar-refractivity contribution in [2.75, 3.05) is 6.54 Å². The first kappa shape index (κ1) is 15.6. The van der Waals surface area contributed by atoms with E-state index in [-0.39, 0.29) is 11.7 Å². The van der Waals surface area contributed by atoms with Crippen molar-refractivity contribution in [2.45, 2.75) is 33.4 Å². The van der Waals surface area contributed by atoms with Crippen LogP contribution in [0.3, 0.4) is 0 Å². The first-order chi connectivity index (χ1) is 11.1. The average Bonchev–Trinajstić information content (AvgIpc) is 2.56. The maximum Gasteiger partial charge on any atom is 0.251 e. The second-order valence-electron chi connectivity index (χ2n) is 5.90. The van der Waals surface area contributed by atoms with Crippen LogP contribution in [0.15, 0.2) is 24.4 Å². The number of halogens is 1. The third kappa shape index (κ3) is 3.24. The topological polar surface area (TPSA) is 54.0 Å². The van der Waals surface area contributed by atoms with E-state index in [1.54, 1.807) is 13.0 Å². The number of amides is 1. The molecule has 1 aliphatic rings. The SMILES string of the molecule is Cc1cc(C(=O)NCc2c(C)ncc3c2CCNC3)ccc1F. The molecule has 0 atom stereocenters. The molecule has 3 rings (SSSR count). The summed E-state index contributed by atoms with van der Waals surface area (Å²) < 4.78 is 13.3. The van der Waals surface area contributed by atoms with Crippen LogP contribution in [0.5, 0.6) is 0 Å². The summed E-state index contributed by atoms with van der Waals surface area (Å²) in [5.41, 5.74) is 5.47. The summed E-state index contributed by atoms with van der Waals surface area (Å²) in [5, 5.41) is 6.26. The number of fused-ring (bicyclic) bond motifs is 1. The van der Waals surface area contributed by atoms with Gasteiger partial charge in [0.05, 0.1) is 0 Å². The number of rotatable bonds is 3. The average molecular weight is 313 g/mol. The third-order valence-corrected chi connectivity index (χ3v) is 4.32. The summed E-state index contributed by atoms with van der Waals surface area (Å²) in [6.07, 6.45) is 2.85. The monoisotopic (exact) mass is 313 g/mol. The van der Waals surface area contributed by atoms with Crippen molar-refractivity contribution in [3.63, 3.8) is 0 Å². The highest BCUT2D eigenvalue weighted by molar-refractivity contribution is 5.94. The second-order valence-corrected chi connectivity index (χ2v) is 5.90. The molecule has 1 amide bonds. The minimum Gasteiger partial charge on any atom is -0.348 e. The molecular formula is C18H20FN3O. The lowest BCUT2D eigenvalue weighted by atomic mass is 9.96. The van der Waals surface area contributed by atoms with E-state index in [1.807, 2.05) is 13.1 Å². The van der Waals surface area contributed by atoms with Crippen LogP contribution >= 0.6 is 0 Å². The fourth-order valence-corrected chi connectivity index (χ4v) is 2.93. The van der Waals surface area contributed by atoms with Crippen molar-refractivity contribution in [3.05, 3.63) is 63.7 Å². The van der Waals surface area contributed by atoms with Gasteiger partial charge in [0.1, 0.15) is 5.82 Å². The summed E-state index contributed by atoms with van der Waals surface area (Å²) in [4.78, 5) is 16.7. The zero-order valence-electron chi connectivity index (χ0n) is 13.4. The maximum absolute atomic E-state index is 13.3. The molecule has 0 aliphatic carbocycles. The van der Waals surface area contributed by atoms with Crippen LogP contribution in [-0.4, -0.2) is 17.4 Å². The minimum atomic E-state index is -0.300. The van der Waals surface area contributed by atoms with E-state index in [2.05, 4.69) is 15.6 Å². The molecule has 2 N–H and O–H groups in total. The standard InChI is InChI=1S/C18H20FN3O/c1-11-7-13(3-4-17(11)19)18(23)22-10-16-12(2)21-9-14-8-20-6-5-15(14)16/h3-4,7,9,20H,5-6,8,10H2,1-2H3,(H,22,23). The molecule has 0 saturated carbocycles. The molecule has 2 aromatic rings. The lowest BCUT2D eigenvalue weighted by molar-refractivity contribution is 0.0950. The van der Waals surface area contributed by atoms with Crippen molar-refractivity contribution in [3.8, 4) is 0 Å². The first-order valence-corrected chi connectivity index (χ1v) is 7.77. The Kier molecular flexibility index (Phi) is 4.39.